The summed E-state index contributed by atoms with van der Waals surface area (Å²) in [6, 6.07) is 0.732. The minimum absolute atomic E-state index is 0.0181. The van der Waals surface area contributed by atoms with Crippen molar-refractivity contribution >= 4 is 10.0 Å². The van der Waals surface area contributed by atoms with Crippen LogP contribution >= 0.6 is 0 Å². The molecule has 0 aromatic rings. The third-order valence-corrected chi connectivity index (χ3v) is 4.77. The summed E-state index contributed by atoms with van der Waals surface area (Å²) in [6.45, 7) is 6.90. The van der Waals surface area contributed by atoms with E-state index in [1.807, 2.05) is 20.8 Å². The molecule has 102 valence electrons. The smallest absolute Gasteiger partial charge is 0.211 e. The molecule has 1 aliphatic rings. The molecule has 1 rings (SSSR count). The summed E-state index contributed by atoms with van der Waals surface area (Å²) in [5.74, 6) is 0.581. The Kier molecular flexibility index (Phi) is 5.89. The fourth-order valence-electron chi connectivity index (χ4n) is 1.49. The summed E-state index contributed by atoms with van der Waals surface area (Å²) in [6.07, 6.45) is 4.24. The Morgan fingerprint density at radius 3 is 2.35 bits per heavy atom. The van der Waals surface area contributed by atoms with Gasteiger partial charge in [0.25, 0.3) is 0 Å². The fourth-order valence-corrected chi connectivity index (χ4v) is 3.03. The number of nitrogens with one attached hydrogen (secondary N) is 2. The lowest BCUT2D eigenvalue weighted by Gasteiger charge is -2.17. The van der Waals surface area contributed by atoms with Gasteiger partial charge in [-0.15, -0.1) is 0 Å². The summed E-state index contributed by atoms with van der Waals surface area (Å²) in [5, 5.41) is 3.39. The van der Waals surface area contributed by atoms with Gasteiger partial charge in [0, 0.05) is 12.1 Å². The van der Waals surface area contributed by atoms with Crippen LogP contribution in [0.15, 0.2) is 0 Å². The van der Waals surface area contributed by atoms with Gasteiger partial charge >= 0.3 is 0 Å². The Morgan fingerprint density at radius 2 is 1.82 bits per heavy atom. The van der Waals surface area contributed by atoms with Crippen LogP contribution in [0.5, 0.6) is 0 Å². The number of hydrogen-bond donors (Lipinski definition) is 2. The zero-order chi connectivity index (χ0) is 12.9. The van der Waals surface area contributed by atoms with Crippen molar-refractivity contribution in [1.29, 1.82) is 0 Å². The summed E-state index contributed by atoms with van der Waals surface area (Å²) in [4.78, 5) is 0. The van der Waals surface area contributed by atoms with E-state index in [0.717, 1.165) is 19.4 Å². The molecule has 0 bridgehead atoms. The van der Waals surface area contributed by atoms with E-state index in [-0.39, 0.29) is 11.8 Å². The van der Waals surface area contributed by atoms with E-state index in [9.17, 15) is 8.42 Å². The number of sulfonamides is 1. The maximum absolute atomic E-state index is 11.7. The lowest BCUT2D eigenvalue weighted by atomic mass is 10.1. The van der Waals surface area contributed by atoms with Crippen LogP contribution in [-0.2, 0) is 10.0 Å². The SMILES string of the molecule is CC(C)C(C)NS(=O)(=O)CCCCNC1CC1. The molecule has 2 N–H and O–H groups in total. The number of hydrogen-bond acceptors (Lipinski definition) is 3. The fraction of sp³-hybridized carbons (Fsp3) is 1.00. The molecule has 1 aliphatic carbocycles. The van der Waals surface area contributed by atoms with E-state index in [2.05, 4.69) is 10.0 Å². The lowest BCUT2D eigenvalue weighted by Crippen LogP contribution is -2.37. The highest BCUT2D eigenvalue weighted by Crippen LogP contribution is 2.18. The normalized spacial score (nSPS) is 18.6. The highest BCUT2D eigenvalue weighted by Gasteiger charge is 2.20. The van der Waals surface area contributed by atoms with Crippen LogP contribution < -0.4 is 10.0 Å². The molecule has 1 atom stereocenters. The Labute approximate surface area is 106 Å². The topological polar surface area (TPSA) is 58.2 Å². The molecule has 0 radical (unpaired) electrons. The largest absolute Gasteiger partial charge is 0.314 e. The number of rotatable bonds is 9. The maximum Gasteiger partial charge on any atom is 0.211 e. The van der Waals surface area contributed by atoms with E-state index >= 15 is 0 Å². The van der Waals surface area contributed by atoms with Gasteiger partial charge in [0.15, 0.2) is 0 Å². The van der Waals surface area contributed by atoms with Gasteiger partial charge in [-0.25, -0.2) is 13.1 Å². The van der Waals surface area contributed by atoms with Crippen molar-refractivity contribution in [2.45, 2.75) is 58.5 Å². The third kappa shape index (κ3) is 7.01. The zero-order valence-electron chi connectivity index (χ0n) is 11.2. The minimum Gasteiger partial charge on any atom is -0.314 e. The van der Waals surface area contributed by atoms with Gasteiger partial charge in [-0.3, -0.25) is 0 Å². The molecule has 1 fully saturated rings. The molecule has 0 saturated heterocycles. The lowest BCUT2D eigenvalue weighted by molar-refractivity contribution is 0.475. The molecule has 4 nitrogen and oxygen atoms in total. The van der Waals surface area contributed by atoms with Gasteiger partial charge in [-0.05, 0) is 45.1 Å². The van der Waals surface area contributed by atoms with Gasteiger partial charge in [-0.1, -0.05) is 13.8 Å². The molecule has 1 saturated carbocycles. The van der Waals surface area contributed by atoms with Crippen molar-refractivity contribution in [2.75, 3.05) is 12.3 Å². The van der Waals surface area contributed by atoms with Gasteiger partial charge in [0.2, 0.25) is 10.0 Å². The molecular formula is C12H26N2O2S. The Hall–Kier alpha value is -0.130. The Morgan fingerprint density at radius 1 is 1.18 bits per heavy atom. The van der Waals surface area contributed by atoms with E-state index < -0.39 is 10.0 Å². The second-order valence-electron chi connectivity index (χ2n) is 5.40. The first kappa shape index (κ1) is 14.9. The molecule has 0 spiro atoms. The Balaban J connectivity index is 2.10. The van der Waals surface area contributed by atoms with E-state index in [4.69, 9.17) is 0 Å². The highest BCUT2D eigenvalue weighted by atomic mass is 32.2. The average Bonchev–Trinajstić information content (AvgIpc) is 3.00. The van der Waals surface area contributed by atoms with E-state index in [1.54, 1.807) is 0 Å². The molecule has 0 aliphatic heterocycles. The molecular weight excluding hydrogens is 236 g/mol. The molecule has 0 aromatic carbocycles. The first-order chi connectivity index (χ1) is 7.91. The van der Waals surface area contributed by atoms with Crippen LogP contribution in [0.2, 0.25) is 0 Å². The van der Waals surface area contributed by atoms with Gasteiger partial charge in [0.05, 0.1) is 5.75 Å². The second-order valence-corrected chi connectivity index (χ2v) is 7.28. The average molecular weight is 262 g/mol. The summed E-state index contributed by atoms with van der Waals surface area (Å²) < 4.78 is 26.2. The third-order valence-electron chi connectivity index (χ3n) is 3.22. The van der Waals surface area contributed by atoms with Crippen LogP contribution in [0.4, 0.5) is 0 Å². The van der Waals surface area contributed by atoms with Crippen LogP contribution in [-0.4, -0.2) is 32.8 Å². The molecule has 1 unspecified atom stereocenters. The van der Waals surface area contributed by atoms with Crippen LogP contribution in [0, 0.1) is 5.92 Å². The van der Waals surface area contributed by atoms with Gasteiger partial charge < -0.3 is 5.32 Å². The standard InChI is InChI=1S/C12H26N2O2S/c1-10(2)11(3)14-17(15,16)9-5-4-8-13-12-6-7-12/h10-14H,4-9H2,1-3H3. The van der Waals surface area contributed by atoms with Crippen LogP contribution in [0.1, 0.15) is 46.5 Å². The van der Waals surface area contributed by atoms with Crippen molar-refractivity contribution in [1.82, 2.24) is 10.0 Å². The number of unbranched alkanes of at least 4 members (excludes halogenated alkanes) is 1. The summed E-state index contributed by atoms with van der Waals surface area (Å²) in [7, 11) is -3.09. The molecule has 0 amide bonds. The van der Waals surface area contributed by atoms with E-state index in [0.29, 0.717) is 12.0 Å². The van der Waals surface area contributed by atoms with Gasteiger partial charge in [-0.2, -0.15) is 0 Å². The Bertz CT molecular complexity index is 310. The van der Waals surface area contributed by atoms with E-state index in [1.165, 1.54) is 12.8 Å². The quantitative estimate of drug-likeness (QED) is 0.619. The summed E-state index contributed by atoms with van der Waals surface area (Å²) in [5.41, 5.74) is 0. The van der Waals surface area contributed by atoms with Crippen molar-refractivity contribution < 1.29 is 8.42 Å². The first-order valence-electron chi connectivity index (χ1n) is 6.64. The van der Waals surface area contributed by atoms with Crippen molar-refractivity contribution in [3.63, 3.8) is 0 Å². The van der Waals surface area contributed by atoms with Crippen molar-refractivity contribution in [3.8, 4) is 0 Å². The minimum atomic E-state index is -3.09. The highest BCUT2D eigenvalue weighted by molar-refractivity contribution is 7.89. The maximum atomic E-state index is 11.7. The zero-order valence-corrected chi connectivity index (χ0v) is 12.0. The van der Waals surface area contributed by atoms with Crippen LogP contribution in [0.3, 0.4) is 0 Å². The van der Waals surface area contributed by atoms with Crippen molar-refractivity contribution in [3.05, 3.63) is 0 Å². The first-order valence-corrected chi connectivity index (χ1v) is 8.29. The molecule has 17 heavy (non-hydrogen) atoms. The predicted molar refractivity (Wildman–Crippen MR) is 71.5 cm³/mol. The monoisotopic (exact) mass is 262 g/mol. The summed E-state index contributed by atoms with van der Waals surface area (Å²) >= 11 is 0. The van der Waals surface area contributed by atoms with Gasteiger partial charge in [0.1, 0.15) is 0 Å². The van der Waals surface area contributed by atoms with Crippen LogP contribution in [0.25, 0.3) is 0 Å². The molecule has 5 heteroatoms. The predicted octanol–water partition coefficient (Wildman–Crippen LogP) is 1.48. The van der Waals surface area contributed by atoms with Crippen molar-refractivity contribution in [2.24, 2.45) is 5.92 Å². The molecule has 0 aromatic heterocycles. The second kappa shape index (κ2) is 6.71. The molecule has 0 heterocycles.